The van der Waals surface area contributed by atoms with Crippen LogP contribution in [0.2, 0.25) is 0 Å². The lowest BCUT2D eigenvalue weighted by Crippen LogP contribution is -2.32. The molecule has 0 saturated carbocycles. The zero-order valence-electron chi connectivity index (χ0n) is 29.4. The smallest absolute Gasteiger partial charge is 0.407 e. The van der Waals surface area contributed by atoms with Crippen molar-refractivity contribution in [1.82, 2.24) is 15.6 Å². The maximum atomic E-state index is 12.8. The number of hydrogen-bond donors (Lipinski definition) is 2. The first kappa shape index (κ1) is 36.1. The Labute approximate surface area is 294 Å². The number of nitrogens with zero attached hydrogens (tertiary/aromatic N) is 1. The molecule has 1 aliphatic rings. The van der Waals surface area contributed by atoms with Crippen molar-refractivity contribution in [3.63, 3.8) is 0 Å². The van der Waals surface area contributed by atoms with E-state index >= 15 is 0 Å². The van der Waals surface area contributed by atoms with Crippen LogP contribution in [0.5, 0.6) is 11.6 Å². The third kappa shape index (κ3) is 10.4. The molecule has 1 heterocycles. The van der Waals surface area contributed by atoms with E-state index in [-0.39, 0.29) is 24.3 Å². The zero-order valence-corrected chi connectivity index (χ0v) is 29.4. The Hall–Kier alpha value is -5.18. The van der Waals surface area contributed by atoms with Crippen LogP contribution in [0.3, 0.4) is 0 Å². The summed E-state index contributed by atoms with van der Waals surface area (Å²) in [4.78, 5) is 41.8. The first-order valence-electron chi connectivity index (χ1n) is 17.4. The van der Waals surface area contributed by atoms with Gasteiger partial charge >= 0.3 is 12.1 Å². The topological polar surface area (TPSA) is 116 Å². The van der Waals surface area contributed by atoms with Crippen LogP contribution in [0.1, 0.15) is 98.0 Å². The molecular weight excluding hydrogens is 630 g/mol. The van der Waals surface area contributed by atoms with Crippen LogP contribution in [-0.2, 0) is 20.8 Å². The Morgan fingerprint density at radius 2 is 1.46 bits per heavy atom. The van der Waals surface area contributed by atoms with Crippen LogP contribution in [0.25, 0.3) is 11.1 Å². The molecular formula is C41H47N3O6. The van der Waals surface area contributed by atoms with E-state index < -0.39 is 11.7 Å². The second kappa shape index (κ2) is 17.0. The number of unbranched alkanes of at least 4 members (excludes halogenated alkanes) is 4. The SMILES string of the molecule is Cc1cc(CNC(=O)OC(C)(C)C)cc(Oc2cccc(C(=O)NCCCCCCCC(=O)OCC3c4ccccc4-c4ccccc43)c2)n1. The average Bonchev–Trinajstić information content (AvgIpc) is 3.40. The normalized spacial score (nSPS) is 12.1. The Morgan fingerprint density at radius 1 is 0.780 bits per heavy atom. The van der Waals surface area contributed by atoms with E-state index in [9.17, 15) is 14.4 Å². The highest BCUT2D eigenvalue weighted by molar-refractivity contribution is 5.94. The molecule has 2 amide bonds. The van der Waals surface area contributed by atoms with E-state index in [2.05, 4.69) is 39.9 Å². The molecule has 5 rings (SSSR count). The summed E-state index contributed by atoms with van der Waals surface area (Å²) in [6.07, 6.45) is 4.41. The van der Waals surface area contributed by atoms with Gasteiger partial charge in [0, 0.05) is 42.8 Å². The first-order valence-corrected chi connectivity index (χ1v) is 17.4. The van der Waals surface area contributed by atoms with Crippen molar-refractivity contribution in [2.24, 2.45) is 0 Å². The summed E-state index contributed by atoms with van der Waals surface area (Å²) >= 11 is 0. The summed E-state index contributed by atoms with van der Waals surface area (Å²) in [5.74, 6) is 0.598. The third-order valence-corrected chi connectivity index (χ3v) is 8.36. The van der Waals surface area contributed by atoms with Crippen LogP contribution in [-0.4, -0.2) is 41.7 Å². The number of aryl methyl sites for hydroxylation is 1. The number of benzene rings is 3. The summed E-state index contributed by atoms with van der Waals surface area (Å²) in [7, 11) is 0. The summed E-state index contributed by atoms with van der Waals surface area (Å²) in [6.45, 7) is 8.46. The van der Waals surface area contributed by atoms with Gasteiger partial charge in [0.25, 0.3) is 5.91 Å². The number of rotatable bonds is 15. The molecule has 0 fully saturated rings. The molecule has 0 unspecified atom stereocenters. The molecule has 50 heavy (non-hydrogen) atoms. The summed E-state index contributed by atoms with van der Waals surface area (Å²) in [6, 6.07) is 27.2. The lowest BCUT2D eigenvalue weighted by molar-refractivity contribution is -0.144. The number of ether oxygens (including phenoxy) is 3. The van der Waals surface area contributed by atoms with Crippen molar-refractivity contribution in [3.8, 4) is 22.8 Å². The van der Waals surface area contributed by atoms with Gasteiger partial charge in [-0.1, -0.05) is 73.9 Å². The number of amides is 2. The van der Waals surface area contributed by atoms with Gasteiger partial charge in [-0.15, -0.1) is 0 Å². The molecule has 0 bridgehead atoms. The van der Waals surface area contributed by atoms with Crippen molar-refractivity contribution in [2.75, 3.05) is 13.2 Å². The largest absolute Gasteiger partial charge is 0.465 e. The molecule has 0 spiro atoms. The molecule has 0 saturated heterocycles. The fourth-order valence-corrected chi connectivity index (χ4v) is 6.09. The Kier molecular flexibility index (Phi) is 12.3. The van der Waals surface area contributed by atoms with E-state index in [1.54, 1.807) is 30.3 Å². The summed E-state index contributed by atoms with van der Waals surface area (Å²) in [5.41, 5.74) is 6.33. The van der Waals surface area contributed by atoms with Gasteiger partial charge in [-0.25, -0.2) is 9.78 Å². The highest BCUT2D eigenvalue weighted by atomic mass is 16.6. The highest BCUT2D eigenvalue weighted by Gasteiger charge is 2.29. The van der Waals surface area contributed by atoms with E-state index in [0.717, 1.165) is 43.4 Å². The van der Waals surface area contributed by atoms with E-state index in [1.807, 2.05) is 58.0 Å². The second-order valence-electron chi connectivity index (χ2n) is 13.6. The van der Waals surface area contributed by atoms with Gasteiger partial charge in [-0.05, 0) is 92.6 Å². The minimum Gasteiger partial charge on any atom is -0.465 e. The minimum absolute atomic E-state index is 0.0798. The van der Waals surface area contributed by atoms with E-state index in [1.165, 1.54) is 22.3 Å². The predicted molar refractivity (Wildman–Crippen MR) is 193 cm³/mol. The van der Waals surface area contributed by atoms with Gasteiger partial charge in [-0.3, -0.25) is 9.59 Å². The fourth-order valence-electron chi connectivity index (χ4n) is 6.09. The van der Waals surface area contributed by atoms with Crippen molar-refractivity contribution in [1.29, 1.82) is 0 Å². The molecule has 1 aliphatic carbocycles. The lowest BCUT2D eigenvalue weighted by atomic mass is 9.98. The first-order chi connectivity index (χ1) is 24.1. The molecule has 2 N–H and O–H groups in total. The fraction of sp³-hybridized carbons (Fsp3) is 0.366. The molecule has 3 aromatic carbocycles. The summed E-state index contributed by atoms with van der Waals surface area (Å²) in [5, 5.41) is 5.73. The number of esters is 1. The van der Waals surface area contributed by atoms with Crippen LogP contribution in [0.15, 0.2) is 84.9 Å². The minimum atomic E-state index is -0.582. The molecule has 262 valence electrons. The van der Waals surface area contributed by atoms with Gasteiger partial charge in [0.05, 0.1) is 0 Å². The number of hydrogen-bond acceptors (Lipinski definition) is 7. The number of nitrogens with one attached hydrogen (secondary N) is 2. The highest BCUT2D eigenvalue weighted by Crippen LogP contribution is 2.44. The van der Waals surface area contributed by atoms with Gasteiger partial charge in [-0.2, -0.15) is 0 Å². The van der Waals surface area contributed by atoms with Crippen LogP contribution >= 0.6 is 0 Å². The number of carbonyl (C=O) groups is 3. The van der Waals surface area contributed by atoms with Crippen molar-refractivity contribution in [2.45, 2.75) is 84.3 Å². The third-order valence-electron chi connectivity index (χ3n) is 8.36. The number of alkyl carbamates (subject to hydrolysis) is 1. The number of pyridine rings is 1. The van der Waals surface area contributed by atoms with Gasteiger partial charge in [0.2, 0.25) is 5.88 Å². The molecule has 9 heteroatoms. The summed E-state index contributed by atoms with van der Waals surface area (Å²) < 4.78 is 17.0. The van der Waals surface area contributed by atoms with Crippen molar-refractivity contribution >= 4 is 18.0 Å². The molecule has 0 atom stereocenters. The Balaban J connectivity index is 0.969. The lowest BCUT2D eigenvalue weighted by Gasteiger charge is -2.19. The molecule has 1 aromatic heterocycles. The van der Waals surface area contributed by atoms with E-state index in [0.29, 0.717) is 36.8 Å². The maximum absolute atomic E-state index is 12.8. The van der Waals surface area contributed by atoms with E-state index in [4.69, 9.17) is 14.2 Å². The van der Waals surface area contributed by atoms with Crippen LogP contribution < -0.4 is 15.4 Å². The predicted octanol–water partition coefficient (Wildman–Crippen LogP) is 8.63. The average molecular weight is 678 g/mol. The molecule has 0 radical (unpaired) electrons. The number of aromatic nitrogens is 1. The number of fused-ring (bicyclic) bond motifs is 3. The quantitative estimate of drug-likeness (QED) is 0.0956. The Bertz CT molecular complexity index is 1750. The van der Waals surface area contributed by atoms with Crippen LogP contribution in [0, 0.1) is 6.92 Å². The zero-order chi connectivity index (χ0) is 35.5. The maximum Gasteiger partial charge on any atom is 0.407 e. The molecule has 0 aliphatic heterocycles. The molecule has 9 nitrogen and oxygen atoms in total. The van der Waals surface area contributed by atoms with Crippen molar-refractivity contribution in [3.05, 3.63) is 113 Å². The monoisotopic (exact) mass is 677 g/mol. The van der Waals surface area contributed by atoms with Crippen LogP contribution in [0.4, 0.5) is 4.79 Å². The second-order valence-corrected chi connectivity index (χ2v) is 13.6. The van der Waals surface area contributed by atoms with Gasteiger partial charge in [0.1, 0.15) is 18.0 Å². The van der Waals surface area contributed by atoms with Gasteiger partial charge < -0.3 is 24.8 Å². The Morgan fingerprint density at radius 3 is 2.18 bits per heavy atom. The van der Waals surface area contributed by atoms with Gasteiger partial charge in [0.15, 0.2) is 0 Å². The van der Waals surface area contributed by atoms with Crippen molar-refractivity contribution < 1.29 is 28.6 Å². The standard InChI is InChI=1S/C41H47N3O6/c1-28-23-29(26-43-40(47)50-41(2,3)4)24-37(44-28)49-31-16-14-15-30(25-31)39(46)42-22-13-7-5-6-8-21-38(45)48-27-36-34-19-11-9-17-32(34)33-18-10-12-20-35(33)36/h9-12,14-20,23-25,36H,5-8,13,21-22,26-27H2,1-4H3,(H,42,46)(H,43,47). The number of carbonyl (C=O) groups excluding carboxylic acids is 3. The molecule has 4 aromatic rings.